The van der Waals surface area contributed by atoms with Gasteiger partial charge in [0.25, 0.3) is 0 Å². The van der Waals surface area contributed by atoms with E-state index in [0.29, 0.717) is 6.61 Å². The van der Waals surface area contributed by atoms with E-state index in [9.17, 15) is 0 Å². The standard InChI is InChI=1S/C15H18N2O2/c1-16-9-11-8-15(19-12-6-7-18-10-12)13-4-2-3-5-14(13)17-11/h2-5,8,12,16H,6-7,9-10H2,1H3. The summed E-state index contributed by atoms with van der Waals surface area (Å²) in [4.78, 5) is 4.63. The van der Waals surface area contributed by atoms with Crippen molar-refractivity contribution in [1.29, 1.82) is 0 Å². The fourth-order valence-electron chi connectivity index (χ4n) is 2.35. The summed E-state index contributed by atoms with van der Waals surface area (Å²) in [6.07, 6.45) is 1.12. The Labute approximate surface area is 112 Å². The molecule has 1 N–H and O–H groups in total. The van der Waals surface area contributed by atoms with Crippen molar-refractivity contribution in [1.82, 2.24) is 10.3 Å². The number of para-hydroxylation sites is 1. The van der Waals surface area contributed by atoms with Gasteiger partial charge in [0.15, 0.2) is 0 Å². The van der Waals surface area contributed by atoms with Crippen molar-refractivity contribution in [2.24, 2.45) is 0 Å². The molecular weight excluding hydrogens is 240 g/mol. The van der Waals surface area contributed by atoms with Crippen molar-refractivity contribution in [2.45, 2.75) is 19.1 Å². The molecule has 2 heterocycles. The normalized spacial score (nSPS) is 18.9. The van der Waals surface area contributed by atoms with Gasteiger partial charge in [0.05, 0.1) is 24.4 Å². The molecule has 1 fully saturated rings. The molecule has 1 saturated heterocycles. The maximum atomic E-state index is 6.08. The minimum atomic E-state index is 0.160. The quantitative estimate of drug-likeness (QED) is 0.912. The summed E-state index contributed by atoms with van der Waals surface area (Å²) >= 11 is 0. The van der Waals surface area contributed by atoms with Crippen molar-refractivity contribution in [2.75, 3.05) is 20.3 Å². The lowest BCUT2D eigenvalue weighted by Crippen LogP contribution is -2.16. The van der Waals surface area contributed by atoms with Gasteiger partial charge in [-0.25, -0.2) is 0 Å². The average Bonchev–Trinajstić information content (AvgIpc) is 2.92. The van der Waals surface area contributed by atoms with Gasteiger partial charge in [0.1, 0.15) is 11.9 Å². The van der Waals surface area contributed by atoms with E-state index in [1.807, 2.05) is 31.3 Å². The minimum Gasteiger partial charge on any atom is -0.487 e. The number of ether oxygens (including phenoxy) is 2. The van der Waals surface area contributed by atoms with Crippen LogP contribution in [-0.4, -0.2) is 31.3 Å². The summed E-state index contributed by atoms with van der Waals surface area (Å²) in [5.41, 5.74) is 1.97. The molecule has 1 aromatic heterocycles. The maximum absolute atomic E-state index is 6.08. The number of nitrogens with one attached hydrogen (secondary N) is 1. The van der Waals surface area contributed by atoms with Gasteiger partial charge in [-0.15, -0.1) is 0 Å². The Bertz CT molecular complexity index is 565. The first kappa shape index (κ1) is 12.4. The summed E-state index contributed by atoms with van der Waals surface area (Å²) in [7, 11) is 1.92. The summed E-state index contributed by atoms with van der Waals surface area (Å²) < 4.78 is 11.4. The Morgan fingerprint density at radius 1 is 1.42 bits per heavy atom. The molecule has 0 spiro atoms. The second kappa shape index (κ2) is 5.55. The molecule has 0 radical (unpaired) electrons. The molecule has 0 aliphatic carbocycles. The molecule has 1 unspecified atom stereocenters. The largest absolute Gasteiger partial charge is 0.487 e. The minimum absolute atomic E-state index is 0.160. The molecule has 2 aromatic rings. The van der Waals surface area contributed by atoms with Crippen LogP contribution in [0, 0.1) is 0 Å². The van der Waals surface area contributed by atoms with Crippen molar-refractivity contribution < 1.29 is 9.47 Å². The highest BCUT2D eigenvalue weighted by atomic mass is 16.5. The molecule has 0 amide bonds. The lowest BCUT2D eigenvalue weighted by atomic mass is 10.1. The van der Waals surface area contributed by atoms with E-state index in [-0.39, 0.29) is 6.10 Å². The Hall–Kier alpha value is -1.65. The van der Waals surface area contributed by atoms with E-state index in [1.165, 1.54) is 0 Å². The number of rotatable bonds is 4. The number of hydrogen-bond acceptors (Lipinski definition) is 4. The van der Waals surface area contributed by atoms with Crippen LogP contribution in [0.3, 0.4) is 0 Å². The lowest BCUT2D eigenvalue weighted by molar-refractivity contribution is 0.142. The first-order valence-corrected chi connectivity index (χ1v) is 6.64. The smallest absolute Gasteiger partial charge is 0.131 e. The molecule has 4 nitrogen and oxygen atoms in total. The van der Waals surface area contributed by atoms with Gasteiger partial charge in [-0.3, -0.25) is 4.98 Å². The Morgan fingerprint density at radius 3 is 3.11 bits per heavy atom. The van der Waals surface area contributed by atoms with Crippen LogP contribution in [0.15, 0.2) is 30.3 Å². The molecule has 100 valence electrons. The predicted octanol–water partition coefficient (Wildman–Crippen LogP) is 2.12. The van der Waals surface area contributed by atoms with Gasteiger partial charge in [-0.1, -0.05) is 12.1 Å². The van der Waals surface area contributed by atoms with Crippen molar-refractivity contribution in [3.8, 4) is 5.75 Å². The number of pyridine rings is 1. The van der Waals surface area contributed by atoms with E-state index in [0.717, 1.165) is 41.9 Å². The van der Waals surface area contributed by atoms with Crippen LogP contribution in [0.1, 0.15) is 12.1 Å². The lowest BCUT2D eigenvalue weighted by Gasteiger charge is -2.15. The van der Waals surface area contributed by atoms with E-state index >= 15 is 0 Å². The summed E-state index contributed by atoms with van der Waals surface area (Å²) in [5, 5.41) is 4.19. The third-order valence-corrected chi connectivity index (χ3v) is 3.27. The molecule has 1 aliphatic heterocycles. The van der Waals surface area contributed by atoms with Crippen molar-refractivity contribution in [3.05, 3.63) is 36.0 Å². The topological polar surface area (TPSA) is 43.4 Å². The Kier molecular flexibility index (Phi) is 3.62. The Morgan fingerprint density at radius 2 is 2.32 bits per heavy atom. The average molecular weight is 258 g/mol. The second-order valence-electron chi connectivity index (χ2n) is 4.76. The van der Waals surface area contributed by atoms with Crippen LogP contribution in [0.5, 0.6) is 5.75 Å². The molecule has 0 bridgehead atoms. The molecule has 1 aliphatic rings. The van der Waals surface area contributed by atoms with E-state index in [2.05, 4.69) is 16.4 Å². The molecule has 1 atom stereocenters. The highest BCUT2D eigenvalue weighted by Crippen LogP contribution is 2.27. The van der Waals surface area contributed by atoms with Crippen molar-refractivity contribution in [3.63, 3.8) is 0 Å². The molecule has 0 saturated carbocycles. The number of hydrogen-bond donors (Lipinski definition) is 1. The molecule has 1 aromatic carbocycles. The summed E-state index contributed by atoms with van der Waals surface area (Å²) in [5.74, 6) is 0.909. The van der Waals surface area contributed by atoms with Crippen LogP contribution < -0.4 is 10.1 Å². The van der Waals surface area contributed by atoms with Crippen LogP contribution >= 0.6 is 0 Å². The number of fused-ring (bicyclic) bond motifs is 1. The van der Waals surface area contributed by atoms with E-state index < -0.39 is 0 Å². The van der Waals surface area contributed by atoms with Gasteiger partial charge in [0, 0.05) is 24.4 Å². The first-order chi connectivity index (χ1) is 9.36. The van der Waals surface area contributed by atoms with Crippen LogP contribution in [0.25, 0.3) is 10.9 Å². The zero-order valence-electron chi connectivity index (χ0n) is 11.1. The summed E-state index contributed by atoms with van der Waals surface area (Å²) in [6.45, 7) is 2.21. The van der Waals surface area contributed by atoms with Crippen molar-refractivity contribution >= 4 is 10.9 Å². The molecule has 4 heteroatoms. The zero-order chi connectivity index (χ0) is 13.1. The van der Waals surface area contributed by atoms with E-state index in [4.69, 9.17) is 9.47 Å². The highest BCUT2D eigenvalue weighted by molar-refractivity contribution is 5.85. The molecular formula is C15H18N2O2. The van der Waals surface area contributed by atoms with Gasteiger partial charge >= 0.3 is 0 Å². The fourth-order valence-corrected chi connectivity index (χ4v) is 2.35. The maximum Gasteiger partial charge on any atom is 0.131 e. The molecule has 19 heavy (non-hydrogen) atoms. The first-order valence-electron chi connectivity index (χ1n) is 6.64. The summed E-state index contributed by atoms with van der Waals surface area (Å²) in [6, 6.07) is 10.1. The Balaban J connectivity index is 1.98. The number of nitrogens with zero attached hydrogens (tertiary/aromatic N) is 1. The zero-order valence-corrected chi connectivity index (χ0v) is 11.1. The monoisotopic (exact) mass is 258 g/mol. The van der Waals surface area contributed by atoms with Crippen LogP contribution in [0.4, 0.5) is 0 Å². The molecule has 3 rings (SSSR count). The predicted molar refractivity (Wildman–Crippen MR) is 74.4 cm³/mol. The van der Waals surface area contributed by atoms with E-state index in [1.54, 1.807) is 0 Å². The second-order valence-corrected chi connectivity index (χ2v) is 4.76. The van der Waals surface area contributed by atoms with Crippen LogP contribution in [0.2, 0.25) is 0 Å². The third kappa shape index (κ3) is 2.69. The SMILES string of the molecule is CNCc1cc(OC2CCOC2)c2ccccc2n1. The number of benzene rings is 1. The van der Waals surface area contributed by atoms with Crippen LogP contribution in [-0.2, 0) is 11.3 Å². The van der Waals surface area contributed by atoms with Gasteiger partial charge in [-0.2, -0.15) is 0 Å². The van der Waals surface area contributed by atoms with Gasteiger partial charge in [-0.05, 0) is 19.2 Å². The van der Waals surface area contributed by atoms with Gasteiger partial charge in [0.2, 0.25) is 0 Å². The van der Waals surface area contributed by atoms with Gasteiger partial charge < -0.3 is 14.8 Å². The highest BCUT2D eigenvalue weighted by Gasteiger charge is 2.18. The number of aromatic nitrogens is 1. The third-order valence-electron chi connectivity index (χ3n) is 3.27. The fraction of sp³-hybridized carbons (Fsp3) is 0.400.